The van der Waals surface area contributed by atoms with Gasteiger partial charge in [-0.15, -0.1) is 3.89 Å². The summed E-state index contributed by atoms with van der Waals surface area (Å²) >= 11 is 3.06. The average Bonchev–Trinajstić information content (AvgIpc) is 2.64. The van der Waals surface area contributed by atoms with Crippen molar-refractivity contribution in [3.63, 3.8) is 0 Å². The Bertz CT molecular complexity index is 608. The van der Waals surface area contributed by atoms with E-state index in [9.17, 15) is 21.5 Å². The number of rotatable bonds is 2. The van der Waals surface area contributed by atoms with Crippen molar-refractivity contribution < 1.29 is 21.5 Å². The number of aromatic nitrogens is 1. The normalized spacial score (nSPS) is 20.5. The lowest BCUT2D eigenvalue weighted by atomic mass is 10.3. The molecule has 18 heavy (non-hydrogen) atoms. The van der Waals surface area contributed by atoms with Crippen molar-refractivity contribution >= 4 is 37.7 Å². The van der Waals surface area contributed by atoms with Gasteiger partial charge in [0.1, 0.15) is 10.9 Å². The van der Waals surface area contributed by atoms with Gasteiger partial charge in [-0.1, -0.05) is 0 Å². The Hall–Kier alpha value is -1.09. The fraction of sp³-hybridized carbons (Fsp3) is 0.333. The molecule has 0 bridgehead atoms. The number of nitrogens with zero attached hydrogens (tertiary/aromatic N) is 2. The second-order valence-corrected chi connectivity index (χ2v) is 6.30. The highest BCUT2D eigenvalue weighted by atomic mass is 79.9. The summed E-state index contributed by atoms with van der Waals surface area (Å²) in [6, 6.07) is 1.29. The highest BCUT2D eigenvalue weighted by Crippen LogP contribution is 2.28. The molecular formula is C9H7BrF2N2O3S. The summed E-state index contributed by atoms with van der Waals surface area (Å²) < 4.78 is 48.2. The van der Waals surface area contributed by atoms with Crippen molar-refractivity contribution in [3.8, 4) is 0 Å². The Balaban J connectivity index is 2.35. The lowest BCUT2D eigenvalue weighted by molar-refractivity contribution is -0.117. The van der Waals surface area contributed by atoms with Crippen LogP contribution in [0.25, 0.3) is 0 Å². The largest absolute Gasteiger partial charge is 0.307 e. The molecule has 1 aromatic heterocycles. The van der Waals surface area contributed by atoms with Crippen LogP contribution in [0.15, 0.2) is 16.7 Å². The van der Waals surface area contributed by atoms with Crippen LogP contribution in [-0.2, 0) is 15.0 Å². The maximum Gasteiger partial charge on any atom is 0.307 e. The molecule has 0 aromatic carbocycles. The molecule has 1 amide bonds. The van der Waals surface area contributed by atoms with Crippen LogP contribution in [0.2, 0.25) is 0 Å². The number of pyridine rings is 1. The minimum Gasteiger partial charge on any atom is -0.307 e. The molecule has 1 atom stereocenters. The smallest absolute Gasteiger partial charge is 0.307 e. The molecule has 1 fully saturated rings. The maximum atomic E-state index is 13.4. The summed E-state index contributed by atoms with van der Waals surface area (Å²) in [6.45, 7) is -0.410. The summed E-state index contributed by atoms with van der Waals surface area (Å²) in [6.07, 6.45) is 0.702. The molecule has 2 rings (SSSR count). The molecule has 1 saturated heterocycles. The van der Waals surface area contributed by atoms with Crippen LogP contribution in [0.1, 0.15) is 6.42 Å². The third kappa shape index (κ3) is 2.51. The Morgan fingerprint density at radius 2 is 2.17 bits per heavy atom. The van der Waals surface area contributed by atoms with E-state index in [1.165, 1.54) is 12.3 Å². The van der Waals surface area contributed by atoms with Crippen molar-refractivity contribution in [2.75, 3.05) is 11.4 Å². The molecular weight excluding hydrogens is 334 g/mol. The predicted octanol–water partition coefficient (Wildman–Crippen LogP) is 1.39. The molecule has 0 spiro atoms. The van der Waals surface area contributed by atoms with Crippen molar-refractivity contribution in [2.45, 2.75) is 11.7 Å². The zero-order valence-corrected chi connectivity index (χ0v) is 11.2. The molecule has 98 valence electrons. The lowest BCUT2D eigenvalue weighted by Gasteiger charge is -2.16. The molecule has 0 aliphatic carbocycles. The van der Waals surface area contributed by atoms with Gasteiger partial charge in [0.2, 0.25) is 11.9 Å². The Kier molecular flexibility index (Phi) is 3.37. The van der Waals surface area contributed by atoms with Gasteiger partial charge in [0.15, 0.2) is 0 Å². The van der Waals surface area contributed by atoms with Crippen molar-refractivity contribution in [1.29, 1.82) is 0 Å². The quantitative estimate of drug-likeness (QED) is 0.602. The van der Waals surface area contributed by atoms with Crippen LogP contribution in [0.5, 0.6) is 0 Å². The minimum atomic E-state index is -4.82. The highest BCUT2D eigenvalue weighted by molar-refractivity contribution is 9.10. The summed E-state index contributed by atoms with van der Waals surface area (Å²) in [4.78, 5) is 15.9. The van der Waals surface area contributed by atoms with Crippen LogP contribution in [0, 0.1) is 5.95 Å². The molecule has 0 saturated carbocycles. The van der Waals surface area contributed by atoms with Crippen molar-refractivity contribution in [1.82, 2.24) is 4.98 Å². The summed E-state index contributed by atoms with van der Waals surface area (Å²) in [5, 5.41) is -1.46. The molecule has 1 unspecified atom stereocenters. The first-order valence-corrected chi connectivity index (χ1v) is 7.08. The topological polar surface area (TPSA) is 67.3 Å². The molecule has 0 radical (unpaired) electrons. The van der Waals surface area contributed by atoms with E-state index in [2.05, 4.69) is 20.9 Å². The second kappa shape index (κ2) is 4.54. The van der Waals surface area contributed by atoms with Crippen LogP contribution < -0.4 is 4.90 Å². The Morgan fingerprint density at radius 1 is 1.50 bits per heavy atom. The minimum absolute atomic E-state index is 0.166. The van der Waals surface area contributed by atoms with E-state index in [0.717, 1.165) is 4.90 Å². The third-order valence-corrected chi connectivity index (χ3v) is 4.11. The number of hydrogen-bond donors (Lipinski definition) is 0. The van der Waals surface area contributed by atoms with Gasteiger partial charge in [-0.3, -0.25) is 4.79 Å². The zero-order valence-electron chi connectivity index (χ0n) is 8.81. The van der Waals surface area contributed by atoms with Gasteiger partial charge >= 0.3 is 10.2 Å². The fourth-order valence-electron chi connectivity index (χ4n) is 1.70. The molecule has 1 aromatic rings. The van der Waals surface area contributed by atoms with Crippen LogP contribution in [0.3, 0.4) is 0 Å². The van der Waals surface area contributed by atoms with E-state index >= 15 is 0 Å². The number of carbonyl (C=O) groups excluding carboxylic acids is 1. The lowest BCUT2D eigenvalue weighted by Crippen LogP contribution is -2.28. The Morgan fingerprint density at radius 3 is 2.72 bits per heavy atom. The van der Waals surface area contributed by atoms with E-state index in [1.54, 1.807) is 0 Å². The van der Waals surface area contributed by atoms with Gasteiger partial charge in [-0.25, -0.2) is 4.98 Å². The van der Waals surface area contributed by atoms with Crippen molar-refractivity contribution in [2.24, 2.45) is 0 Å². The molecule has 1 aliphatic rings. The van der Waals surface area contributed by atoms with Crippen LogP contribution in [-0.4, -0.2) is 31.1 Å². The number of hydrogen-bond acceptors (Lipinski definition) is 4. The highest BCUT2D eigenvalue weighted by Gasteiger charge is 2.40. The van der Waals surface area contributed by atoms with E-state index in [1.807, 2.05) is 0 Å². The predicted molar refractivity (Wildman–Crippen MR) is 62.7 cm³/mol. The first-order chi connectivity index (χ1) is 8.29. The standard InChI is InChI=1S/C9H7BrF2N2O3S/c10-5-1-7(9(11)13-3-5)14-4-6(2-8(14)15)18(12,16)17/h1,3,6H,2,4H2. The van der Waals surface area contributed by atoms with Gasteiger partial charge in [0, 0.05) is 23.6 Å². The number of amides is 1. The van der Waals surface area contributed by atoms with E-state index in [0.29, 0.717) is 4.47 Å². The van der Waals surface area contributed by atoms with E-state index in [-0.39, 0.29) is 5.69 Å². The average molecular weight is 341 g/mol. The SMILES string of the molecule is O=C1CC(S(=O)(=O)F)CN1c1cc(Br)cnc1F. The van der Waals surface area contributed by atoms with Crippen LogP contribution >= 0.6 is 15.9 Å². The number of anilines is 1. The molecule has 9 heteroatoms. The maximum absolute atomic E-state index is 13.4. The third-order valence-electron chi connectivity index (χ3n) is 2.57. The fourth-order valence-corrected chi connectivity index (χ4v) is 2.69. The second-order valence-electron chi connectivity index (χ2n) is 3.77. The van der Waals surface area contributed by atoms with Gasteiger partial charge in [0.25, 0.3) is 0 Å². The summed E-state index contributed by atoms with van der Waals surface area (Å²) in [5.74, 6) is -1.57. The van der Waals surface area contributed by atoms with Crippen LogP contribution in [0.4, 0.5) is 14.0 Å². The van der Waals surface area contributed by atoms with Gasteiger partial charge < -0.3 is 4.90 Å². The monoisotopic (exact) mass is 340 g/mol. The van der Waals surface area contributed by atoms with Gasteiger partial charge in [0.05, 0.1) is 0 Å². The van der Waals surface area contributed by atoms with Crippen molar-refractivity contribution in [3.05, 3.63) is 22.7 Å². The molecule has 1 aliphatic heterocycles. The van der Waals surface area contributed by atoms with E-state index < -0.39 is 40.3 Å². The Labute approximate surface area is 110 Å². The summed E-state index contributed by atoms with van der Waals surface area (Å²) in [5.41, 5.74) is -0.166. The molecule has 0 N–H and O–H groups in total. The summed E-state index contributed by atoms with van der Waals surface area (Å²) in [7, 11) is -4.82. The molecule has 5 nitrogen and oxygen atoms in total. The van der Waals surface area contributed by atoms with Gasteiger partial charge in [-0.2, -0.15) is 12.8 Å². The number of halogens is 3. The number of carbonyl (C=O) groups is 1. The van der Waals surface area contributed by atoms with Gasteiger partial charge in [-0.05, 0) is 22.0 Å². The molecule has 2 heterocycles. The first-order valence-electron chi connectivity index (χ1n) is 4.84. The zero-order chi connectivity index (χ0) is 13.5. The van der Waals surface area contributed by atoms with E-state index in [4.69, 9.17) is 0 Å². The first kappa shape index (κ1) is 13.3.